The van der Waals surface area contributed by atoms with Crippen molar-refractivity contribution >= 4 is 40.2 Å². The molecule has 2 heterocycles. The first kappa shape index (κ1) is 21.8. The number of carbonyl (C=O) groups excluding carboxylic acids is 1. The van der Waals surface area contributed by atoms with Gasteiger partial charge in [-0.15, -0.1) is 0 Å². The fraction of sp³-hybridized carbons (Fsp3) is 0.240. The molecule has 0 atom stereocenters. The summed E-state index contributed by atoms with van der Waals surface area (Å²) in [4.78, 5) is 22.1. The summed E-state index contributed by atoms with van der Waals surface area (Å²) in [6.45, 7) is 4.85. The van der Waals surface area contributed by atoms with Gasteiger partial charge in [0.15, 0.2) is 5.65 Å². The van der Waals surface area contributed by atoms with Crippen LogP contribution in [-0.2, 0) is 13.0 Å². The lowest BCUT2D eigenvalue weighted by molar-refractivity contribution is 0.262. The molecule has 0 aliphatic carbocycles. The Labute approximate surface area is 192 Å². The zero-order valence-corrected chi connectivity index (χ0v) is 19.0. The van der Waals surface area contributed by atoms with E-state index in [9.17, 15) is 4.79 Å². The number of amides is 2. The number of benzene rings is 2. The van der Waals surface area contributed by atoms with Crippen LogP contribution >= 0.6 is 11.6 Å². The van der Waals surface area contributed by atoms with Gasteiger partial charge in [-0.05, 0) is 37.1 Å². The van der Waals surface area contributed by atoms with Gasteiger partial charge in [0.2, 0.25) is 0 Å². The molecule has 164 valence electrons. The maximum absolute atomic E-state index is 12.5. The molecule has 6 nitrogen and oxygen atoms in total. The Balaban J connectivity index is 1.63. The second-order valence-electron chi connectivity index (χ2n) is 7.76. The molecule has 7 heteroatoms. The summed E-state index contributed by atoms with van der Waals surface area (Å²) in [6, 6.07) is 17.0. The summed E-state index contributed by atoms with van der Waals surface area (Å²) >= 11 is 6.00. The molecular weight excluding hydrogens is 422 g/mol. The number of urea groups is 1. The van der Waals surface area contributed by atoms with E-state index in [1.54, 1.807) is 30.5 Å². The summed E-state index contributed by atoms with van der Waals surface area (Å²) in [6.07, 6.45) is 4.74. The summed E-state index contributed by atoms with van der Waals surface area (Å²) in [5.41, 5.74) is 4.98. The number of pyridine rings is 1. The average molecular weight is 448 g/mol. The Kier molecular flexibility index (Phi) is 6.71. The van der Waals surface area contributed by atoms with Crippen molar-refractivity contribution in [2.24, 2.45) is 0 Å². The van der Waals surface area contributed by atoms with Crippen molar-refractivity contribution in [2.75, 3.05) is 10.6 Å². The zero-order valence-electron chi connectivity index (χ0n) is 18.2. The monoisotopic (exact) mass is 447 g/mol. The fourth-order valence-electron chi connectivity index (χ4n) is 3.66. The van der Waals surface area contributed by atoms with Gasteiger partial charge in [0.1, 0.15) is 11.3 Å². The largest absolute Gasteiger partial charge is 0.323 e. The van der Waals surface area contributed by atoms with Crippen molar-refractivity contribution in [3.63, 3.8) is 0 Å². The van der Waals surface area contributed by atoms with E-state index < -0.39 is 0 Å². The lowest BCUT2D eigenvalue weighted by atomic mass is 10.2. The molecule has 2 amide bonds. The van der Waals surface area contributed by atoms with Gasteiger partial charge < -0.3 is 15.2 Å². The normalized spacial score (nSPS) is 11.0. The van der Waals surface area contributed by atoms with E-state index in [0.717, 1.165) is 41.8 Å². The van der Waals surface area contributed by atoms with Crippen LogP contribution in [0.15, 0.2) is 60.8 Å². The van der Waals surface area contributed by atoms with Crippen molar-refractivity contribution in [3.8, 4) is 0 Å². The van der Waals surface area contributed by atoms with E-state index in [1.165, 1.54) is 5.56 Å². The Morgan fingerprint density at radius 1 is 1.09 bits per heavy atom. The van der Waals surface area contributed by atoms with Crippen LogP contribution in [-0.4, -0.2) is 20.6 Å². The van der Waals surface area contributed by atoms with Gasteiger partial charge in [-0.2, -0.15) is 0 Å². The van der Waals surface area contributed by atoms with Crippen LogP contribution in [0, 0.1) is 6.92 Å². The zero-order chi connectivity index (χ0) is 22.5. The van der Waals surface area contributed by atoms with Gasteiger partial charge in [0, 0.05) is 22.7 Å². The summed E-state index contributed by atoms with van der Waals surface area (Å²) in [7, 11) is 0. The number of anilines is 2. The van der Waals surface area contributed by atoms with E-state index in [2.05, 4.69) is 39.2 Å². The van der Waals surface area contributed by atoms with Crippen LogP contribution in [0.2, 0.25) is 5.02 Å². The molecule has 4 aromatic rings. The molecule has 32 heavy (non-hydrogen) atoms. The number of hydrogen-bond donors (Lipinski definition) is 2. The Morgan fingerprint density at radius 3 is 2.66 bits per heavy atom. The van der Waals surface area contributed by atoms with Crippen LogP contribution in [0.5, 0.6) is 0 Å². The van der Waals surface area contributed by atoms with Gasteiger partial charge in [-0.1, -0.05) is 61.3 Å². The van der Waals surface area contributed by atoms with Crippen LogP contribution in [0.3, 0.4) is 0 Å². The van der Waals surface area contributed by atoms with Gasteiger partial charge in [-0.25, -0.2) is 14.8 Å². The minimum Gasteiger partial charge on any atom is -0.308 e. The number of hydrogen-bond acceptors (Lipinski definition) is 3. The molecule has 4 rings (SSSR count). The highest BCUT2D eigenvalue weighted by Crippen LogP contribution is 2.26. The first-order valence-electron chi connectivity index (χ1n) is 10.8. The van der Waals surface area contributed by atoms with Crippen LogP contribution in [0.25, 0.3) is 11.2 Å². The molecule has 2 aromatic carbocycles. The highest BCUT2D eigenvalue weighted by atomic mass is 35.5. The second kappa shape index (κ2) is 9.83. The number of unbranched alkanes of at least 4 members (excludes halogenated alkanes) is 1. The molecule has 2 aromatic heterocycles. The summed E-state index contributed by atoms with van der Waals surface area (Å²) in [5.74, 6) is 1.02. The van der Waals surface area contributed by atoms with Gasteiger partial charge in [0.25, 0.3) is 0 Å². The standard InChI is InChI=1S/C25H26ClN5O/c1-3-4-13-22-30-23-17(2)21(29-25(32)28-20-12-8-11-19(26)14-20)15-27-24(23)31(22)16-18-9-6-5-7-10-18/h5-12,14-15H,3-4,13,16H2,1-2H3,(H2,28,29,32). The molecule has 0 saturated heterocycles. The minimum absolute atomic E-state index is 0.355. The Hall–Kier alpha value is -3.38. The SMILES string of the molecule is CCCCc1nc2c(C)c(NC(=O)Nc3cccc(Cl)c3)cnc2n1Cc1ccccc1. The van der Waals surface area contributed by atoms with E-state index in [1.807, 2.05) is 25.1 Å². The maximum Gasteiger partial charge on any atom is 0.323 e. The number of nitrogens with zero attached hydrogens (tertiary/aromatic N) is 3. The second-order valence-corrected chi connectivity index (χ2v) is 8.20. The van der Waals surface area contributed by atoms with E-state index in [-0.39, 0.29) is 6.03 Å². The highest BCUT2D eigenvalue weighted by molar-refractivity contribution is 6.30. The number of imidazole rings is 1. The van der Waals surface area contributed by atoms with Crippen LogP contribution in [0.1, 0.15) is 36.7 Å². The molecule has 0 saturated carbocycles. The van der Waals surface area contributed by atoms with Crippen molar-refractivity contribution in [1.29, 1.82) is 0 Å². The molecule has 0 spiro atoms. The number of rotatable bonds is 7. The molecule has 0 aliphatic rings. The molecule has 2 N–H and O–H groups in total. The number of fused-ring (bicyclic) bond motifs is 1. The maximum atomic E-state index is 12.5. The predicted octanol–water partition coefficient (Wildman–Crippen LogP) is 6.43. The highest BCUT2D eigenvalue weighted by Gasteiger charge is 2.17. The quantitative estimate of drug-likeness (QED) is 0.343. The van der Waals surface area contributed by atoms with E-state index in [4.69, 9.17) is 16.6 Å². The van der Waals surface area contributed by atoms with Gasteiger partial charge >= 0.3 is 6.03 Å². The number of halogens is 1. The molecule has 0 fully saturated rings. The van der Waals surface area contributed by atoms with Crippen molar-refractivity contribution in [1.82, 2.24) is 14.5 Å². The van der Waals surface area contributed by atoms with Crippen molar-refractivity contribution < 1.29 is 4.79 Å². The molecule has 0 radical (unpaired) electrons. The topological polar surface area (TPSA) is 71.8 Å². The summed E-state index contributed by atoms with van der Waals surface area (Å²) < 4.78 is 2.18. The lowest BCUT2D eigenvalue weighted by Gasteiger charge is -2.11. The minimum atomic E-state index is -0.355. The first-order valence-corrected chi connectivity index (χ1v) is 11.1. The van der Waals surface area contributed by atoms with Crippen molar-refractivity contribution in [3.05, 3.63) is 82.8 Å². The first-order chi connectivity index (χ1) is 15.5. The third-order valence-corrected chi connectivity index (χ3v) is 5.60. The van der Waals surface area contributed by atoms with E-state index in [0.29, 0.717) is 22.9 Å². The van der Waals surface area contributed by atoms with Gasteiger partial charge in [-0.3, -0.25) is 0 Å². The third kappa shape index (κ3) is 4.92. The molecule has 0 bridgehead atoms. The molecule has 0 unspecified atom stereocenters. The summed E-state index contributed by atoms with van der Waals surface area (Å²) in [5, 5.41) is 6.24. The number of carbonyl (C=O) groups is 1. The lowest BCUT2D eigenvalue weighted by Crippen LogP contribution is -2.20. The smallest absolute Gasteiger partial charge is 0.308 e. The third-order valence-electron chi connectivity index (χ3n) is 5.36. The van der Waals surface area contributed by atoms with Crippen molar-refractivity contribution in [2.45, 2.75) is 39.7 Å². The average Bonchev–Trinajstić information content (AvgIpc) is 3.13. The Bertz CT molecular complexity index is 1240. The van der Waals surface area contributed by atoms with Crippen LogP contribution < -0.4 is 10.6 Å². The number of aromatic nitrogens is 3. The number of nitrogens with one attached hydrogen (secondary N) is 2. The molecular formula is C25H26ClN5O. The van der Waals surface area contributed by atoms with Gasteiger partial charge in [0.05, 0.1) is 18.4 Å². The van der Waals surface area contributed by atoms with Crippen LogP contribution in [0.4, 0.5) is 16.2 Å². The Morgan fingerprint density at radius 2 is 1.91 bits per heavy atom. The molecule has 0 aliphatic heterocycles. The fourth-order valence-corrected chi connectivity index (χ4v) is 3.85. The predicted molar refractivity (Wildman–Crippen MR) is 131 cm³/mol. The van der Waals surface area contributed by atoms with E-state index >= 15 is 0 Å². The number of aryl methyl sites for hydroxylation is 2.